The smallest absolute Gasteiger partial charge is 0.0139 e. The van der Waals surface area contributed by atoms with Crippen LogP contribution in [0.1, 0.15) is 40.0 Å². The predicted molar refractivity (Wildman–Crippen MR) is 69.6 cm³/mol. The van der Waals surface area contributed by atoms with Crippen molar-refractivity contribution in [3.05, 3.63) is 0 Å². The van der Waals surface area contributed by atoms with Crippen molar-refractivity contribution < 1.29 is 0 Å². The molecule has 1 saturated carbocycles. The second-order valence-corrected chi connectivity index (χ2v) is 6.22. The van der Waals surface area contributed by atoms with Crippen molar-refractivity contribution in [2.45, 2.75) is 52.1 Å². The number of likely N-dealkylation sites (tertiary alicyclic amines) is 1. The Kier molecular flexibility index (Phi) is 3.91. The van der Waals surface area contributed by atoms with Crippen LogP contribution in [0, 0.1) is 17.8 Å². The van der Waals surface area contributed by atoms with Crippen molar-refractivity contribution in [2.75, 3.05) is 20.1 Å². The third-order valence-electron chi connectivity index (χ3n) is 4.91. The third kappa shape index (κ3) is 2.28. The molecule has 0 bridgehead atoms. The first-order valence-electron chi connectivity index (χ1n) is 7.03. The van der Waals surface area contributed by atoms with Gasteiger partial charge in [-0.3, -0.25) is 4.90 Å². The molecule has 0 amide bonds. The van der Waals surface area contributed by atoms with Gasteiger partial charge in [-0.15, -0.1) is 0 Å². The van der Waals surface area contributed by atoms with E-state index in [-0.39, 0.29) is 0 Å². The molecule has 16 heavy (non-hydrogen) atoms. The number of nitrogens with zero attached hydrogens (tertiary/aromatic N) is 1. The van der Waals surface area contributed by atoms with Crippen molar-refractivity contribution >= 4 is 0 Å². The molecule has 1 saturated heterocycles. The van der Waals surface area contributed by atoms with E-state index in [2.05, 4.69) is 38.0 Å². The molecule has 0 spiro atoms. The summed E-state index contributed by atoms with van der Waals surface area (Å²) in [7, 11) is 2.08. The second-order valence-electron chi connectivity index (χ2n) is 6.22. The van der Waals surface area contributed by atoms with Crippen LogP contribution in [0.25, 0.3) is 0 Å². The molecular formula is C14H28N2. The Labute approximate surface area is 101 Å². The van der Waals surface area contributed by atoms with E-state index in [0.29, 0.717) is 0 Å². The summed E-state index contributed by atoms with van der Waals surface area (Å²) in [5.41, 5.74) is 0. The fraction of sp³-hybridized carbons (Fsp3) is 1.00. The first kappa shape index (κ1) is 12.4. The molecule has 2 nitrogen and oxygen atoms in total. The molecule has 1 aliphatic carbocycles. The monoisotopic (exact) mass is 224 g/mol. The van der Waals surface area contributed by atoms with Gasteiger partial charge in [-0.1, -0.05) is 13.8 Å². The quantitative estimate of drug-likeness (QED) is 0.791. The first-order chi connectivity index (χ1) is 7.63. The topological polar surface area (TPSA) is 15.3 Å². The van der Waals surface area contributed by atoms with E-state index in [1.165, 1.54) is 32.4 Å². The summed E-state index contributed by atoms with van der Waals surface area (Å²) in [5.74, 6) is 2.67. The molecule has 2 rings (SSSR count). The highest BCUT2D eigenvalue weighted by atomic mass is 15.2. The Hall–Kier alpha value is -0.0800. The molecule has 5 atom stereocenters. The van der Waals surface area contributed by atoms with E-state index in [9.17, 15) is 0 Å². The van der Waals surface area contributed by atoms with Crippen LogP contribution < -0.4 is 5.32 Å². The van der Waals surface area contributed by atoms with Gasteiger partial charge in [0.2, 0.25) is 0 Å². The summed E-state index contributed by atoms with van der Waals surface area (Å²) in [5, 5.41) is 3.35. The largest absolute Gasteiger partial charge is 0.319 e. The molecule has 1 aliphatic heterocycles. The number of rotatable bonds is 3. The summed E-state index contributed by atoms with van der Waals surface area (Å²) in [6.07, 6.45) is 4.27. The van der Waals surface area contributed by atoms with Gasteiger partial charge in [0, 0.05) is 18.6 Å². The van der Waals surface area contributed by atoms with Gasteiger partial charge in [-0.2, -0.15) is 0 Å². The Morgan fingerprint density at radius 3 is 2.50 bits per heavy atom. The van der Waals surface area contributed by atoms with Gasteiger partial charge in [0.25, 0.3) is 0 Å². The van der Waals surface area contributed by atoms with E-state index in [1.54, 1.807) is 0 Å². The van der Waals surface area contributed by atoms with Gasteiger partial charge >= 0.3 is 0 Å². The van der Waals surface area contributed by atoms with Gasteiger partial charge < -0.3 is 5.32 Å². The molecule has 0 aromatic rings. The SMILES string of the molecule is CNCC1CCC1N1CC(C)CC(C)C1C. The zero-order valence-corrected chi connectivity index (χ0v) is 11.4. The zero-order chi connectivity index (χ0) is 11.7. The summed E-state index contributed by atoms with van der Waals surface area (Å²) in [6, 6.07) is 1.66. The third-order valence-corrected chi connectivity index (χ3v) is 4.91. The van der Waals surface area contributed by atoms with Gasteiger partial charge in [0.1, 0.15) is 0 Å². The van der Waals surface area contributed by atoms with Crippen LogP contribution in [0.15, 0.2) is 0 Å². The highest BCUT2D eigenvalue weighted by molar-refractivity contribution is 4.95. The normalized spacial score (nSPS) is 45.4. The van der Waals surface area contributed by atoms with Crippen molar-refractivity contribution in [3.63, 3.8) is 0 Å². The molecule has 2 heteroatoms. The maximum atomic E-state index is 3.35. The average molecular weight is 224 g/mol. The van der Waals surface area contributed by atoms with Gasteiger partial charge in [0.05, 0.1) is 0 Å². The number of hydrogen-bond donors (Lipinski definition) is 1. The van der Waals surface area contributed by atoms with E-state index in [1.807, 2.05) is 0 Å². The Bertz CT molecular complexity index is 229. The van der Waals surface area contributed by atoms with E-state index in [4.69, 9.17) is 0 Å². The predicted octanol–water partition coefficient (Wildman–Crippen LogP) is 2.35. The molecule has 0 aromatic heterocycles. The summed E-state index contributed by atoms with van der Waals surface area (Å²) >= 11 is 0. The fourth-order valence-electron chi connectivity index (χ4n) is 3.68. The van der Waals surface area contributed by atoms with Crippen molar-refractivity contribution in [1.29, 1.82) is 0 Å². The van der Waals surface area contributed by atoms with Crippen molar-refractivity contribution in [1.82, 2.24) is 10.2 Å². The fourth-order valence-corrected chi connectivity index (χ4v) is 3.68. The number of hydrogen-bond acceptors (Lipinski definition) is 2. The minimum atomic E-state index is 0.792. The molecular weight excluding hydrogens is 196 g/mol. The van der Waals surface area contributed by atoms with Crippen LogP contribution in [0.3, 0.4) is 0 Å². The molecule has 1 N–H and O–H groups in total. The lowest BCUT2D eigenvalue weighted by Gasteiger charge is -2.52. The van der Waals surface area contributed by atoms with Crippen LogP contribution in [-0.4, -0.2) is 37.1 Å². The maximum Gasteiger partial charge on any atom is 0.0139 e. The minimum absolute atomic E-state index is 0.792. The Morgan fingerprint density at radius 1 is 1.19 bits per heavy atom. The number of piperidine rings is 1. The molecule has 94 valence electrons. The van der Waals surface area contributed by atoms with Crippen LogP contribution in [0.5, 0.6) is 0 Å². The lowest BCUT2D eigenvalue weighted by Crippen LogP contribution is -2.58. The summed E-state index contributed by atoms with van der Waals surface area (Å²) < 4.78 is 0. The molecule has 1 heterocycles. The zero-order valence-electron chi connectivity index (χ0n) is 11.4. The molecule has 5 unspecified atom stereocenters. The lowest BCUT2D eigenvalue weighted by molar-refractivity contribution is -0.0231. The highest BCUT2D eigenvalue weighted by Crippen LogP contribution is 2.38. The molecule has 0 aromatic carbocycles. The first-order valence-corrected chi connectivity index (χ1v) is 7.03. The van der Waals surface area contributed by atoms with E-state index >= 15 is 0 Å². The van der Waals surface area contributed by atoms with Gasteiger partial charge in [0.15, 0.2) is 0 Å². The van der Waals surface area contributed by atoms with Gasteiger partial charge in [-0.05, 0) is 57.5 Å². The molecule has 2 aliphatic rings. The van der Waals surface area contributed by atoms with E-state index in [0.717, 1.165) is 29.8 Å². The van der Waals surface area contributed by atoms with Crippen LogP contribution in [0.4, 0.5) is 0 Å². The lowest BCUT2D eigenvalue weighted by atomic mass is 9.74. The maximum absolute atomic E-state index is 3.35. The summed E-state index contributed by atoms with van der Waals surface area (Å²) in [6.45, 7) is 9.82. The van der Waals surface area contributed by atoms with E-state index < -0.39 is 0 Å². The average Bonchev–Trinajstić information content (AvgIpc) is 2.20. The van der Waals surface area contributed by atoms with Crippen LogP contribution in [-0.2, 0) is 0 Å². The molecule has 0 radical (unpaired) electrons. The Morgan fingerprint density at radius 2 is 1.94 bits per heavy atom. The number of nitrogens with one attached hydrogen (secondary N) is 1. The molecule has 2 fully saturated rings. The van der Waals surface area contributed by atoms with Gasteiger partial charge in [-0.25, -0.2) is 0 Å². The van der Waals surface area contributed by atoms with Crippen LogP contribution in [0.2, 0.25) is 0 Å². The standard InChI is InChI=1S/C14H28N2/c1-10-7-11(2)12(3)16(9-10)14-6-5-13(14)8-15-4/h10-15H,5-9H2,1-4H3. The van der Waals surface area contributed by atoms with Crippen molar-refractivity contribution in [2.24, 2.45) is 17.8 Å². The minimum Gasteiger partial charge on any atom is -0.319 e. The highest BCUT2D eigenvalue weighted by Gasteiger charge is 2.40. The second kappa shape index (κ2) is 5.05. The van der Waals surface area contributed by atoms with Crippen LogP contribution >= 0.6 is 0 Å². The summed E-state index contributed by atoms with van der Waals surface area (Å²) in [4.78, 5) is 2.81. The van der Waals surface area contributed by atoms with Crippen molar-refractivity contribution in [3.8, 4) is 0 Å². The Balaban J connectivity index is 1.96.